The van der Waals surface area contributed by atoms with Crippen molar-refractivity contribution in [2.45, 2.75) is 141 Å². The van der Waals surface area contributed by atoms with Crippen LogP contribution in [-0.2, 0) is 28.4 Å². The van der Waals surface area contributed by atoms with Crippen LogP contribution in [0.4, 0.5) is 0 Å². The summed E-state index contributed by atoms with van der Waals surface area (Å²) in [5.41, 5.74) is 0. The van der Waals surface area contributed by atoms with Crippen LogP contribution in [-0.4, -0.2) is 92.9 Å². The molecule has 9 nitrogen and oxygen atoms in total. The van der Waals surface area contributed by atoms with Crippen LogP contribution in [0.3, 0.4) is 0 Å². The molecule has 0 amide bonds. The van der Waals surface area contributed by atoms with Crippen LogP contribution < -0.4 is 10.6 Å². The number of ether oxygens (including phenoxy) is 6. The van der Waals surface area contributed by atoms with Crippen molar-refractivity contribution in [2.75, 3.05) is 39.4 Å². The molecule has 0 aromatic carbocycles. The van der Waals surface area contributed by atoms with Gasteiger partial charge in [0, 0.05) is 6.54 Å². The van der Waals surface area contributed by atoms with Gasteiger partial charge in [-0.3, -0.25) is 0 Å². The van der Waals surface area contributed by atoms with Gasteiger partial charge in [-0.25, -0.2) is 0 Å². The Morgan fingerprint density at radius 1 is 0.730 bits per heavy atom. The average Bonchev–Trinajstić information content (AvgIpc) is 3.33. The summed E-state index contributed by atoms with van der Waals surface area (Å²) in [6, 6.07) is 0. The zero-order valence-corrected chi connectivity index (χ0v) is 24.0. The smallest absolute Gasteiger partial charge is 0.190 e. The molecule has 9 heteroatoms. The molecule has 0 radical (unpaired) electrons. The summed E-state index contributed by atoms with van der Waals surface area (Å²) in [7, 11) is 0. The van der Waals surface area contributed by atoms with E-state index in [0.717, 1.165) is 26.1 Å². The third-order valence-corrected chi connectivity index (χ3v) is 7.14. The predicted molar refractivity (Wildman–Crippen MR) is 142 cm³/mol. The van der Waals surface area contributed by atoms with E-state index in [-0.39, 0.29) is 37.6 Å². The zero-order valence-electron chi connectivity index (χ0n) is 24.0. The molecule has 0 aliphatic carbocycles. The molecule has 3 aliphatic rings. The Morgan fingerprint density at radius 2 is 1.32 bits per heavy atom. The first-order chi connectivity index (χ1) is 17.7. The highest BCUT2D eigenvalue weighted by Gasteiger charge is 2.60. The third kappa shape index (κ3) is 10.6. The lowest BCUT2D eigenvalue weighted by molar-refractivity contribution is -0.243. The molecule has 0 saturated carbocycles. The van der Waals surface area contributed by atoms with Crippen molar-refractivity contribution in [3.8, 4) is 0 Å². The van der Waals surface area contributed by atoms with E-state index in [2.05, 4.69) is 17.6 Å². The molecular formula is C28H54N2O7. The second kappa shape index (κ2) is 15.4. The maximum absolute atomic E-state index is 10.3. The number of aliphatic hydroxyl groups is 1. The molecule has 3 aliphatic heterocycles. The molecular weight excluding hydrogens is 476 g/mol. The first kappa shape index (κ1) is 31.2. The highest BCUT2D eigenvalue weighted by Crippen LogP contribution is 2.44. The molecule has 0 spiro atoms. The van der Waals surface area contributed by atoms with Crippen LogP contribution >= 0.6 is 0 Å². The van der Waals surface area contributed by atoms with Crippen molar-refractivity contribution in [1.29, 1.82) is 0 Å². The van der Waals surface area contributed by atoms with E-state index in [0.29, 0.717) is 6.54 Å². The van der Waals surface area contributed by atoms with Gasteiger partial charge in [0.1, 0.15) is 24.4 Å². The Balaban J connectivity index is 1.20. The first-order valence-electron chi connectivity index (χ1n) is 14.7. The summed E-state index contributed by atoms with van der Waals surface area (Å²) >= 11 is 0. The van der Waals surface area contributed by atoms with Gasteiger partial charge in [-0.15, -0.1) is 0 Å². The van der Waals surface area contributed by atoms with Crippen LogP contribution in [0, 0.1) is 0 Å². The molecule has 3 N–H and O–H groups in total. The zero-order chi connectivity index (χ0) is 26.7. The Morgan fingerprint density at radius 3 is 2.08 bits per heavy atom. The standard InChI is InChI=1S/C28H54N2O7/c1-6-7-8-9-10-11-12-13-15-29-16-14-17-30-18-21(31)19-32-20-22-23-24(35-27(2,3)34-23)25-26(33-22)37-28(4,5)36-25/h21-26,29-31H,6-20H2,1-5H3/t21?,22-,23+,24+,25-,26-/m1/s1. The fourth-order valence-corrected chi connectivity index (χ4v) is 5.32. The Labute approximate surface area is 224 Å². The summed E-state index contributed by atoms with van der Waals surface area (Å²) in [5.74, 6) is -1.47. The maximum Gasteiger partial charge on any atom is 0.190 e. The number of hydrogen-bond acceptors (Lipinski definition) is 9. The lowest BCUT2D eigenvalue weighted by Crippen LogP contribution is -2.56. The van der Waals surface area contributed by atoms with E-state index in [9.17, 15) is 5.11 Å². The summed E-state index contributed by atoms with van der Waals surface area (Å²) in [4.78, 5) is 0. The molecule has 6 atom stereocenters. The number of nitrogens with one attached hydrogen (secondary N) is 2. The summed E-state index contributed by atoms with van der Waals surface area (Å²) in [6.45, 7) is 13.8. The maximum atomic E-state index is 10.3. The van der Waals surface area contributed by atoms with Gasteiger partial charge in [0.15, 0.2) is 17.9 Å². The molecule has 0 bridgehead atoms. The largest absolute Gasteiger partial charge is 0.389 e. The van der Waals surface area contributed by atoms with Gasteiger partial charge >= 0.3 is 0 Å². The topological polar surface area (TPSA) is 99.7 Å². The quantitative estimate of drug-likeness (QED) is 0.217. The molecule has 3 fully saturated rings. The van der Waals surface area contributed by atoms with Gasteiger partial charge < -0.3 is 44.2 Å². The molecule has 0 aromatic rings. The first-order valence-corrected chi connectivity index (χ1v) is 14.7. The molecule has 1 unspecified atom stereocenters. The Kier molecular flexibility index (Phi) is 13.0. The van der Waals surface area contributed by atoms with Gasteiger partial charge in [0.2, 0.25) is 0 Å². The van der Waals surface area contributed by atoms with Gasteiger partial charge in [0.05, 0.1) is 19.3 Å². The van der Waals surface area contributed by atoms with Crippen LogP contribution in [0.5, 0.6) is 0 Å². The van der Waals surface area contributed by atoms with Crippen molar-refractivity contribution in [1.82, 2.24) is 10.6 Å². The van der Waals surface area contributed by atoms with E-state index in [1.165, 1.54) is 51.4 Å². The number of unbranched alkanes of at least 4 members (excludes halogenated alkanes) is 7. The van der Waals surface area contributed by atoms with E-state index in [1.807, 2.05) is 27.7 Å². The SMILES string of the molecule is CCCCCCCCCCNCCCNCC(O)COC[C@H]1O[C@@H]2OC(C)(C)O[C@@H]2[C@H]2OC(C)(C)O[C@H]21. The second-order valence-electron chi connectivity index (χ2n) is 11.7. The van der Waals surface area contributed by atoms with E-state index in [1.54, 1.807) is 0 Å². The minimum Gasteiger partial charge on any atom is -0.389 e. The van der Waals surface area contributed by atoms with Gasteiger partial charge in [-0.1, -0.05) is 51.9 Å². The van der Waals surface area contributed by atoms with Crippen molar-refractivity contribution in [2.24, 2.45) is 0 Å². The fourth-order valence-electron chi connectivity index (χ4n) is 5.32. The molecule has 218 valence electrons. The number of aliphatic hydroxyl groups excluding tert-OH is 1. The van der Waals surface area contributed by atoms with E-state index >= 15 is 0 Å². The van der Waals surface area contributed by atoms with Crippen LogP contribution in [0.2, 0.25) is 0 Å². The van der Waals surface area contributed by atoms with E-state index < -0.39 is 24.0 Å². The molecule has 3 heterocycles. The predicted octanol–water partition coefficient (Wildman–Crippen LogP) is 3.47. The van der Waals surface area contributed by atoms with E-state index in [4.69, 9.17) is 28.4 Å². The van der Waals surface area contributed by atoms with Crippen LogP contribution in [0.25, 0.3) is 0 Å². The lowest BCUT2D eigenvalue weighted by atomic mass is 9.99. The normalized spacial score (nSPS) is 30.8. The highest BCUT2D eigenvalue weighted by atomic mass is 16.9. The monoisotopic (exact) mass is 530 g/mol. The average molecular weight is 531 g/mol. The Hall–Kier alpha value is -0.360. The number of rotatable bonds is 19. The Bertz CT molecular complexity index is 636. The third-order valence-electron chi connectivity index (χ3n) is 7.14. The summed E-state index contributed by atoms with van der Waals surface area (Å²) in [5, 5.41) is 17.1. The van der Waals surface area contributed by atoms with Gasteiger partial charge in [-0.05, 0) is 60.2 Å². The minimum atomic E-state index is -0.739. The van der Waals surface area contributed by atoms with Crippen molar-refractivity contribution < 1.29 is 33.5 Å². The van der Waals surface area contributed by atoms with Crippen LogP contribution in [0.15, 0.2) is 0 Å². The lowest BCUT2D eigenvalue weighted by Gasteiger charge is -2.37. The fraction of sp³-hybridized carbons (Fsp3) is 1.00. The number of fused-ring (bicyclic) bond motifs is 3. The number of hydrogen-bond donors (Lipinski definition) is 3. The summed E-state index contributed by atoms with van der Waals surface area (Å²) < 4.78 is 36.1. The molecule has 37 heavy (non-hydrogen) atoms. The summed E-state index contributed by atoms with van der Waals surface area (Å²) in [6.07, 6.45) is 9.43. The van der Waals surface area contributed by atoms with Crippen LogP contribution in [0.1, 0.15) is 92.4 Å². The molecule has 3 rings (SSSR count). The van der Waals surface area contributed by atoms with Crippen molar-refractivity contribution in [3.63, 3.8) is 0 Å². The van der Waals surface area contributed by atoms with Crippen molar-refractivity contribution in [3.05, 3.63) is 0 Å². The highest BCUT2D eigenvalue weighted by molar-refractivity contribution is 5.00. The van der Waals surface area contributed by atoms with Crippen molar-refractivity contribution >= 4 is 0 Å². The van der Waals surface area contributed by atoms with Gasteiger partial charge in [-0.2, -0.15) is 0 Å². The molecule has 0 aromatic heterocycles. The van der Waals surface area contributed by atoms with Gasteiger partial charge in [0.25, 0.3) is 0 Å². The minimum absolute atomic E-state index is 0.224. The molecule has 3 saturated heterocycles. The second-order valence-corrected chi connectivity index (χ2v) is 11.7.